The summed E-state index contributed by atoms with van der Waals surface area (Å²) in [6.07, 6.45) is -4.90. The van der Waals surface area contributed by atoms with Gasteiger partial charge >= 0.3 is 0 Å². The smallest absolute Gasteiger partial charge is 0.229 e. The molecule has 11 heteroatoms. The molecule has 6 N–H and O–H groups in total. The molecule has 5 atom stereocenters. The van der Waals surface area contributed by atoms with E-state index in [0.717, 1.165) is 0 Å². The van der Waals surface area contributed by atoms with Crippen LogP contribution in [0.1, 0.15) is 15.9 Å². The summed E-state index contributed by atoms with van der Waals surface area (Å²) in [5, 5.41) is 59.5. The highest BCUT2D eigenvalue weighted by Gasteiger charge is 2.45. The molecule has 0 aliphatic carbocycles. The molecule has 0 radical (unpaired) electrons. The summed E-state index contributed by atoms with van der Waals surface area (Å²) >= 11 is 0. The molecule has 2 aromatic rings. The fourth-order valence-corrected chi connectivity index (χ4v) is 3.39. The van der Waals surface area contributed by atoms with Gasteiger partial charge in [0, 0.05) is 0 Å². The van der Waals surface area contributed by atoms with Crippen molar-refractivity contribution in [2.45, 2.75) is 30.7 Å². The molecule has 34 heavy (non-hydrogen) atoms. The van der Waals surface area contributed by atoms with Crippen LogP contribution in [0.5, 0.6) is 28.7 Å². The van der Waals surface area contributed by atoms with E-state index in [2.05, 4.69) is 0 Å². The maximum absolute atomic E-state index is 12.7. The van der Waals surface area contributed by atoms with Crippen LogP contribution in [0.2, 0.25) is 0 Å². The Morgan fingerprint density at radius 3 is 2.38 bits per heavy atom. The number of aromatic hydroxyl groups is 2. The number of phenols is 2. The third-order valence-electron chi connectivity index (χ3n) is 5.29. The van der Waals surface area contributed by atoms with Gasteiger partial charge in [0.2, 0.25) is 12.0 Å². The number of hydrogen-bond acceptors (Lipinski definition) is 11. The molecule has 11 nitrogen and oxygen atoms in total. The summed E-state index contributed by atoms with van der Waals surface area (Å²) < 4.78 is 21.0. The molecule has 3 rings (SSSR count). The predicted molar refractivity (Wildman–Crippen MR) is 117 cm³/mol. The number of aliphatic hydroxyl groups excluding tert-OH is 4. The van der Waals surface area contributed by atoms with Crippen LogP contribution in [-0.4, -0.2) is 88.0 Å². The summed E-state index contributed by atoms with van der Waals surface area (Å²) in [6, 6.07) is 7.07. The van der Waals surface area contributed by atoms with E-state index in [4.69, 9.17) is 18.9 Å². The van der Waals surface area contributed by atoms with Crippen molar-refractivity contribution in [1.29, 1.82) is 0 Å². The van der Waals surface area contributed by atoms with Crippen molar-refractivity contribution in [1.82, 2.24) is 0 Å². The second-order valence-electron chi connectivity index (χ2n) is 7.44. The lowest BCUT2D eigenvalue weighted by atomic mass is 9.99. The lowest BCUT2D eigenvalue weighted by Gasteiger charge is -2.39. The minimum absolute atomic E-state index is 0.0525. The van der Waals surface area contributed by atoms with Crippen molar-refractivity contribution in [2.24, 2.45) is 0 Å². The Morgan fingerprint density at radius 1 is 1.00 bits per heavy atom. The van der Waals surface area contributed by atoms with Crippen LogP contribution < -0.4 is 14.2 Å². The van der Waals surface area contributed by atoms with Gasteiger partial charge < -0.3 is 49.6 Å². The molecule has 1 aliphatic rings. The number of aliphatic hydroxyl groups is 4. The average Bonchev–Trinajstić information content (AvgIpc) is 2.83. The molecule has 0 spiro atoms. The molecule has 1 heterocycles. The highest BCUT2D eigenvalue weighted by Crippen LogP contribution is 2.41. The van der Waals surface area contributed by atoms with Gasteiger partial charge in [-0.3, -0.25) is 4.79 Å². The standard InChI is InChI=1S/C23H26O11/c1-31-16-9-11(4-7-14(16)26)3-6-13(25)12-5-8-15(22(32-2)18(12)27)33-23-21(30)20(29)19(28)17(10-24)34-23/h3-9,17,19-21,23-24,26-30H,10H2,1-2H3/t17-,19-,20+,21-,23-/m1/s1. The van der Waals surface area contributed by atoms with Gasteiger partial charge in [0.05, 0.1) is 26.4 Å². The Morgan fingerprint density at radius 2 is 1.74 bits per heavy atom. The van der Waals surface area contributed by atoms with Gasteiger partial charge in [-0.25, -0.2) is 0 Å². The molecule has 0 aromatic heterocycles. The van der Waals surface area contributed by atoms with E-state index in [1.54, 1.807) is 6.07 Å². The van der Waals surface area contributed by atoms with Crippen LogP contribution in [0.4, 0.5) is 0 Å². The zero-order chi connectivity index (χ0) is 25.0. The number of carbonyl (C=O) groups is 1. The van der Waals surface area contributed by atoms with E-state index < -0.39 is 48.8 Å². The molecule has 0 unspecified atom stereocenters. The minimum Gasteiger partial charge on any atom is -0.504 e. The Kier molecular flexibility index (Phi) is 7.97. The van der Waals surface area contributed by atoms with Crippen molar-refractivity contribution >= 4 is 11.9 Å². The van der Waals surface area contributed by atoms with Crippen molar-refractivity contribution in [3.63, 3.8) is 0 Å². The zero-order valence-electron chi connectivity index (χ0n) is 18.4. The lowest BCUT2D eigenvalue weighted by molar-refractivity contribution is -0.277. The fourth-order valence-electron chi connectivity index (χ4n) is 3.39. The topological polar surface area (TPSA) is 175 Å². The fraction of sp³-hybridized carbons (Fsp3) is 0.348. The highest BCUT2D eigenvalue weighted by atomic mass is 16.7. The van der Waals surface area contributed by atoms with Crippen LogP contribution in [0, 0.1) is 0 Å². The van der Waals surface area contributed by atoms with Gasteiger partial charge in [-0.1, -0.05) is 12.1 Å². The molecule has 1 fully saturated rings. The number of carbonyl (C=O) groups excluding carboxylic acids is 1. The van der Waals surface area contributed by atoms with Gasteiger partial charge in [0.15, 0.2) is 28.8 Å². The molecular formula is C23H26O11. The Labute approximate surface area is 194 Å². The number of ether oxygens (including phenoxy) is 4. The molecule has 0 saturated carbocycles. The summed E-state index contributed by atoms with van der Waals surface area (Å²) in [5.41, 5.74) is 0.456. The first-order chi connectivity index (χ1) is 16.2. The van der Waals surface area contributed by atoms with Crippen molar-refractivity contribution in [3.05, 3.63) is 47.5 Å². The molecule has 1 saturated heterocycles. The van der Waals surface area contributed by atoms with Crippen molar-refractivity contribution < 1.29 is 54.4 Å². The minimum atomic E-state index is -1.67. The van der Waals surface area contributed by atoms with Crippen LogP contribution in [0.25, 0.3) is 6.08 Å². The van der Waals surface area contributed by atoms with E-state index in [-0.39, 0.29) is 28.6 Å². The number of benzene rings is 2. The molecule has 0 bridgehead atoms. The van der Waals surface area contributed by atoms with Crippen LogP contribution in [0.3, 0.4) is 0 Å². The zero-order valence-corrected chi connectivity index (χ0v) is 18.4. The first-order valence-electron chi connectivity index (χ1n) is 10.2. The van der Waals surface area contributed by atoms with Crippen molar-refractivity contribution in [3.8, 4) is 28.7 Å². The van der Waals surface area contributed by atoms with Gasteiger partial charge in [0.25, 0.3) is 0 Å². The van der Waals surface area contributed by atoms with Gasteiger partial charge in [-0.05, 0) is 35.9 Å². The largest absolute Gasteiger partial charge is 0.504 e. The van der Waals surface area contributed by atoms with E-state index >= 15 is 0 Å². The van der Waals surface area contributed by atoms with Crippen LogP contribution in [-0.2, 0) is 4.74 Å². The molecule has 184 valence electrons. The van der Waals surface area contributed by atoms with Gasteiger partial charge in [0.1, 0.15) is 24.4 Å². The Bertz CT molecular complexity index is 1050. The third kappa shape index (κ3) is 5.08. The van der Waals surface area contributed by atoms with Crippen LogP contribution in [0.15, 0.2) is 36.4 Å². The summed E-state index contributed by atoms with van der Waals surface area (Å²) in [6.45, 7) is -0.639. The quantitative estimate of drug-likeness (QED) is 0.226. The molecule has 1 aliphatic heterocycles. The predicted octanol–water partition coefficient (Wildman–Crippen LogP) is 0.190. The summed E-state index contributed by atoms with van der Waals surface area (Å²) in [7, 11) is 2.62. The molecule has 0 amide bonds. The molecule has 2 aromatic carbocycles. The normalized spacial score (nSPS) is 24.7. The monoisotopic (exact) mass is 478 g/mol. The Balaban J connectivity index is 1.82. The van der Waals surface area contributed by atoms with Gasteiger partial charge in [-0.15, -0.1) is 0 Å². The van der Waals surface area contributed by atoms with E-state index in [1.165, 1.54) is 50.6 Å². The number of rotatable bonds is 8. The van der Waals surface area contributed by atoms with Crippen molar-refractivity contribution in [2.75, 3.05) is 20.8 Å². The number of allylic oxidation sites excluding steroid dienone is 1. The first kappa shape index (κ1) is 25.3. The summed E-state index contributed by atoms with van der Waals surface area (Å²) in [5.74, 6) is -1.28. The number of phenolic OH excluding ortho intramolecular Hbond substituents is 2. The highest BCUT2D eigenvalue weighted by molar-refractivity contribution is 6.09. The lowest BCUT2D eigenvalue weighted by Crippen LogP contribution is -2.60. The van der Waals surface area contributed by atoms with Crippen LogP contribution >= 0.6 is 0 Å². The van der Waals surface area contributed by atoms with Gasteiger partial charge in [-0.2, -0.15) is 0 Å². The second-order valence-corrected chi connectivity index (χ2v) is 7.44. The second kappa shape index (κ2) is 10.7. The third-order valence-corrected chi connectivity index (χ3v) is 5.29. The maximum Gasteiger partial charge on any atom is 0.229 e. The average molecular weight is 478 g/mol. The first-order valence-corrected chi connectivity index (χ1v) is 10.2. The SMILES string of the molecule is COc1cc(C=CC(=O)c2ccc(O[C@@H]3O[C@H](CO)[C@@H](O)[C@H](O)[C@H]3O)c(OC)c2O)ccc1O. The Hall–Kier alpha value is -3.35. The van der Waals surface area contributed by atoms with E-state index in [1.807, 2.05) is 0 Å². The maximum atomic E-state index is 12.7. The number of methoxy groups -OCH3 is 2. The molecular weight excluding hydrogens is 452 g/mol. The van der Waals surface area contributed by atoms with E-state index in [9.17, 15) is 35.4 Å². The number of ketones is 1. The summed E-state index contributed by atoms with van der Waals surface area (Å²) in [4.78, 5) is 12.7. The van der Waals surface area contributed by atoms with E-state index in [0.29, 0.717) is 5.56 Å². The number of hydrogen-bond donors (Lipinski definition) is 6.